The van der Waals surface area contributed by atoms with Crippen LogP contribution in [0, 0.1) is 0 Å². The summed E-state index contributed by atoms with van der Waals surface area (Å²) in [4.78, 5) is 9.90. The van der Waals surface area contributed by atoms with Gasteiger partial charge in [-0.1, -0.05) is 78.9 Å². The summed E-state index contributed by atoms with van der Waals surface area (Å²) in [7, 11) is 0. The summed E-state index contributed by atoms with van der Waals surface area (Å²) in [6, 6.07) is 42.9. The van der Waals surface area contributed by atoms with Gasteiger partial charge >= 0.3 is 0 Å². The van der Waals surface area contributed by atoms with E-state index in [2.05, 4.69) is 124 Å². The highest BCUT2D eigenvalue weighted by atomic mass is 15.1. The van der Waals surface area contributed by atoms with Gasteiger partial charge in [0.1, 0.15) is 0 Å². The summed E-state index contributed by atoms with van der Waals surface area (Å²) in [6.07, 6.45) is 3.80. The van der Waals surface area contributed by atoms with Crippen molar-refractivity contribution in [3.63, 3.8) is 0 Å². The van der Waals surface area contributed by atoms with Gasteiger partial charge in [0, 0.05) is 50.4 Å². The number of hydrogen-bond acceptors (Lipinski definition) is 2. The molecule has 0 aliphatic heterocycles. The van der Waals surface area contributed by atoms with Gasteiger partial charge in [0.2, 0.25) is 0 Å². The van der Waals surface area contributed by atoms with Crippen molar-refractivity contribution in [2.75, 3.05) is 0 Å². The summed E-state index contributed by atoms with van der Waals surface area (Å²) in [5, 5.41) is 7.05. The van der Waals surface area contributed by atoms with Crippen LogP contribution < -0.4 is 0 Å². The van der Waals surface area contributed by atoms with Gasteiger partial charge in [0.25, 0.3) is 0 Å². The van der Waals surface area contributed by atoms with Gasteiger partial charge in [-0.2, -0.15) is 0 Å². The lowest BCUT2D eigenvalue weighted by atomic mass is 10.0. The van der Waals surface area contributed by atoms with Gasteiger partial charge in [0.15, 0.2) is 0 Å². The molecule has 9 rings (SSSR count). The van der Waals surface area contributed by atoms with Crippen LogP contribution in [0.25, 0.3) is 76.8 Å². The van der Waals surface area contributed by atoms with E-state index in [0.29, 0.717) is 0 Å². The zero-order valence-electron chi connectivity index (χ0n) is 21.5. The highest BCUT2D eigenvalue weighted by Gasteiger charge is 2.25. The molecule has 0 unspecified atom stereocenters. The predicted molar refractivity (Wildman–Crippen MR) is 166 cm³/mol. The predicted octanol–water partition coefficient (Wildman–Crippen LogP) is 8.98. The molecule has 4 nitrogen and oxygen atoms in total. The molecule has 4 aromatic heterocycles. The molecule has 0 radical (unpaired) electrons. The van der Waals surface area contributed by atoms with Crippen molar-refractivity contribution in [3.05, 3.63) is 134 Å². The van der Waals surface area contributed by atoms with Crippen molar-refractivity contribution in [1.82, 2.24) is 19.1 Å². The first-order chi connectivity index (χ1) is 19.9. The molecule has 186 valence electrons. The zero-order valence-corrected chi connectivity index (χ0v) is 21.5. The second kappa shape index (κ2) is 8.01. The van der Waals surface area contributed by atoms with Crippen LogP contribution in [0.15, 0.2) is 134 Å². The van der Waals surface area contributed by atoms with Crippen LogP contribution in [0.4, 0.5) is 0 Å². The van der Waals surface area contributed by atoms with Gasteiger partial charge in [0.05, 0.1) is 38.8 Å². The number of pyridine rings is 2. The summed E-state index contributed by atoms with van der Waals surface area (Å²) in [6.45, 7) is 0. The van der Waals surface area contributed by atoms with Gasteiger partial charge in [-0.3, -0.25) is 9.97 Å². The minimum atomic E-state index is 0.981. The highest BCUT2D eigenvalue weighted by molar-refractivity contribution is 6.35. The van der Waals surface area contributed by atoms with Crippen LogP contribution in [0.1, 0.15) is 0 Å². The second-order valence-electron chi connectivity index (χ2n) is 10.2. The van der Waals surface area contributed by atoms with Crippen molar-refractivity contribution in [2.24, 2.45) is 0 Å². The number of benzene rings is 5. The highest BCUT2D eigenvalue weighted by Crippen LogP contribution is 2.46. The summed E-state index contributed by atoms with van der Waals surface area (Å²) in [5.74, 6) is 0. The Balaban J connectivity index is 1.67. The number of rotatable bonds is 2. The lowest BCUT2D eigenvalue weighted by Crippen LogP contribution is -2.00. The maximum Gasteiger partial charge on any atom is 0.0942 e. The largest absolute Gasteiger partial charge is 0.307 e. The third kappa shape index (κ3) is 2.74. The van der Waals surface area contributed by atoms with Crippen LogP contribution in [-0.4, -0.2) is 19.1 Å². The molecular formula is C36H22N4. The maximum absolute atomic E-state index is 5.02. The standard InChI is InChI=1S/C36H22N4/c1-2-13-24(14-3-1)39-28-18-6-5-16-26(28)32-34-27(17-10-22-38-34)31-25-15-4-7-19-29(25)40(35(31)36(32)39)30-20-8-11-23-12-9-21-37-33(23)30/h1-22H. The van der Waals surface area contributed by atoms with Crippen LogP contribution in [-0.2, 0) is 0 Å². The average molecular weight is 511 g/mol. The van der Waals surface area contributed by atoms with Crippen molar-refractivity contribution in [1.29, 1.82) is 0 Å². The molecule has 0 saturated carbocycles. The number of para-hydroxylation sites is 4. The molecule has 0 amide bonds. The lowest BCUT2D eigenvalue weighted by Gasteiger charge is -2.14. The molecule has 0 bridgehead atoms. The van der Waals surface area contributed by atoms with Crippen molar-refractivity contribution in [3.8, 4) is 11.4 Å². The first-order valence-corrected chi connectivity index (χ1v) is 13.5. The fourth-order valence-electron chi connectivity index (χ4n) is 6.61. The first-order valence-electron chi connectivity index (χ1n) is 13.5. The van der Waals surface area contributed by atoms with E-state index in [1.54, 1.807) is 0 Å². The quantitative estimate of drug-likeness (QED) is 0.233. The molecule has 0 spiro atoms. The van der Waals surface area contributed by atoms with Crippen LogP contribution >= 0.6 is 0 Å². The number of fused-ring (bicyclic) bond motifs is 11. The van der Waals surface area contributed by atoms with Gasteiger partial charge in [-0.25, -0.2) is 0 Å². The molecule has 0 aliphatic rings. The first kappa shape index (κ1) is 21.5. The monoisotopic (exact) mass is 510 g/mol. The van der Waals surface area contributed by atoms with E-state index in [-0.39, 0.29) is 0 Å². The molecule has 0 atom stereocenters. The Labute approximate surface area is 229 Å². The second-order valence-corrected chi connectivity index (χ2v) is 10.2. The Kier molecular flexibility index (Phi) is 4.30. The molecule has 0 fully saturated rings. The van der Waals surface area contributed by atoms with E-state index >= 15 is 0 Å². The molecule has 4 heterocycles. The van der Waals surface area contributed by atoms with E-state index in [1.807, 2.05) is 18.5 Å². The molecule has 0 saturated heterocycles. The minimum Gasteiger partial charge on any atom is -0.307 e. The van der Waals surface area contributed by atoms with E-state index in [9.17, 15) is 0 Å². The average Bonchev–Trinajstić information content (AvgIpc) is 3.55. The fourth-order valence-corrected chi connectivity index (χ4v) is 6.61. The molecule has 0 aliphatic carbocycles. The molecule has 4 heteroatoms. The maximum atomic E-state index is 5.02. The van der Waals surface area contributed by atoms with E-state index in [0.717, 1.165) is 55.2 Å². The Bertz CT molecular complexity index is 2430. The van der Waals surface area contributed by atoms with Gasteiger partial charge < -0.3 is 9.13 Å². The third-order valence-electron chi connectivity index (χ3n) is 8.15. The van der Waals surface area contributed by atoms with Crippen LogP contribution in [0.5, 0.6) is 0 Å². The molecule has 9 aromatic rings. The van der Waals surface area contributed by atoms with E-state index in [4.69, 9.17) is 9.97 Å². The molecule has 40 heavy (non-hydrogen) atoms. The zero-order chi connectivity index (χ0) is 26.2. The smallest absolute Gasteiger partial charge is 0.0942 e. The fraction of sp³-hybridized carbons (Fsp3) is 0. The lowest BCUT2D eigenvalue weighted by molar-refractivity contribution is 1.15. The third-order valence-corrected chi connectivity index (χ3v) is 8.15. The molecular weight excluding hydrogens is 488 g/mol. The summed E-state index contributed by atoms with van der Waals surface area (Å²) < 4.78 is 4.84. The number of aromatic nitrogens is 4. The van der Waals surface area contributed by atoms with Crippen molar-refractivity contribution in [2.45, 2.75) is 0 Å². The summed E-state index contributed by atoms with van der Waals surface area (Å²) in [5.41, 5.74) is 8.82. The topological polar surface area (TPSA) is 35.6 Å². The van der Waals surface area contributed by atoms with Crippen molar-refractivity contribution >= 4 is 65.4 Å². The van der Waals surface area contributed by atoms with E-state index in [1.165, 1.54) is 21.5 Å². The normalized spacial score (nSPS) is 12.0. The molecule has 0 N–H and O–H groups in total. The Morgan fingerprint density at radius 2 is 1.02 bits per heavy atom. The Morgan fingerprint density at radius 1 is 0.425 bits per heavy atom. The van der Waals surface area contributed by atoms with Crippen molar-refractivity contribution < 1.29 is 0 Å². The number of nitrogens with zero attached hydrogens (tertiary/aromatic N) is 4. The Morgan fingerprint density at radius 3 is 1.85 bits per heavy atom. The minimum absolute atomic E-state index is 0.981. The summed E-state index contributed by atoms with van der Waals surface area (Å²) >= 11 is 0. The Hall–Kier alpha value is -5.48. The van der Waals surface area contributed by atoms with Gasteiger partial charge in [-0.15, -0.1) is 0 Å². The van der Waals surface area contributed by atoms with Gasteiger partial charge in [-0.05, 0) is 42.5 Å². The van der Waals surface area contributed by atoms with E-state index < -0.39 is 0 Å². The number of hydrogen-bond donors (Lipinski definition) is 0. The SMILES string of the molecule is c1ccc(-n2c3ccccc3c3c4ncccc4c4c5ccccc5n(-c5cccc6cccnc56)c4c32)cc1. The molecule has 5 aromatic carbocycles. The van der Waals surface area contributed by atoms with Crippen LogP contribution in [0.2, 0.25) is 0 Å². The van der Waals surface area contributed by atoms with Crippen LogP contribution in [0.3, 0.4) is 0 Å².